The molecule has 0 amide bonds. The molecule has 3 nitrogen and oxygen atoms in total. The molecule has 3 heteroatoms. The average molecular weight is 119 g/mol. The molecule has 8 heavy (non-hydrogen) atoms. The Bertz CT molecular complexity index is 57.4. The predicted octanol–water partition coefficient (Wildman–Crippen LogP) is 1.12. The molecule has 0 aromatic rings. The third-order valence-corrected chi connectivity index (χ3v) is 0.200. The van der Waals surface area contributed by atoms with Gasteiger partial charge in [-0.2, -0.15) is 0 Å². The van der Waals surface area contributed by atoms with Crippen molar-refractivity contribution in [2.75, 3.05) is 14.2 Å². The largest absolute Gasteiger partial charge is 0.411 e. The number of oxime groups is 1. The van der Waals surface area contributed by atoms with Crippen molar-refractivity contribution >= 4 is 5.71 Å². The first kappa shape index (κ1) is 10.4. The Hall–Kier alpha value is -0.570. The molecule has 0 spiro atoms. The molecule has 0 aromatic carbocycles. The van der Waals surface area contributed by atoms with Crippen LogP contribution in [0.15, 0.2) is 5.16 Å². The monoisotopic (exact) mass is 119 g/mol. The van der Waals surface area contributed by atoms with Crippen LogP contribution in [0.25, 0.3) is 0 Å². The lowest BCUT2D eigenvalue weighted by atomic mass is 10.5. The maximum atomic E-state index is 7.73. The zero-order valence-corrected chi connectivity index (χ0v) is 5.80. The van der Waals surface area contributed by atoms with Crippen LogP contribution in [0.4, 0.5) is 0 Å². The molecule has 0 fully saturated rings. The second kappa shape index (κ2) is 9.66. The van der Waals surface area contributed by atoms with Crippen molar-refractivity contribution in [1.29, 1.82) is 0 Å². The SMILES string of the molecule is CC(C)=NO.COC. The van der Waals surface area contributed by atoms with Crippen LogP contribution in [0.3, 0.4) is 0 Å². The maximum Gasteiger partial charge on any atom is 0.0509 e. The van der Waals surface area contributed by atoms with Gasteiger partial charge in [0, 0.05) is 14.2 Å². The first-order valence-corrected chi connectivity index (χ1v) is 2.24. The van der Waals surface area contributed by atoms with E-state index in [4.69, 9.17) is 5.21 Å². The minimum absolute atomic E-state index is 0.685. The zero-order valence-electron chi connectivity index (χ0n) is 5.80. The Kier molecular flexibility index (Phi) is 12.6. The molecule has 0 aliphatic carbocycles. The fourth-order valence-electron chi connectivity index (χ4n) is 0. The summed E-state index contributed by atoms with van der Waals surface area (Å²) in [6, 6.07) is 0. The molecule has 0 saturated heterocycles. The van der Waals surface area contributed by atoms with Crippen LogP contribution >= 0.6 is 0 Å². The lowest BCUT2D eigenvalue weighted by Crippen LogP contribution is -1.74. The Labute approximate surface area is 50.0 Å². The van der Waals surface area contributed by atoms with Crippen LogP contribution in [0.2, 0.25) is 0 Å². The Balaban J connectivity index is 0. The van der Waals surface area contributed by atoms with E-state index in [1.165, 1.54) is 0 Å². The Morgan fingerprint density at radius 2 is 1.50 bits per heavy atom. The van der Waals surface area contributed by atoms with Gasteiger partial charge in [-0.3, -0.25) is 0 Å². The number of rotatable bonds is 0. The molecular formula is C5H13NO2. The fourth-order valence-corrected chi connectivity index (χ4v) is 0. The first-order valence-electron chi connectivity index (χ1n) is 2.24. The van der Waals surface area contributed by atoms with E-state index in [0.29, 0.717) is 5.71 Å². The highest BCUT2D eigenvalue weighted by atomic mass is 16.4. The van der Waals surface area contributed by atoms with Gasteiger partial charge in [0.25, 0.3) is 0 Å². The molecular weight excluding hydrogens is 106 g/mol. The van der Waals surface area contributed by atoms with Crippen molar-refractivity contribution < 1.29 is 9.94 Å². The van der Waals surface area contributed by atoms with E-state index < -0.39 is 0 Å². The summed E-state index contributed by atoms with van der Waals surface area (Å²) in [6.45, 7) is 3.44. The van der Waals surface area contributed by atoms with Gasteiger partial charge >= 0.3 is 0 Å². The van der Waals surface area contributed by atoms with E-state index >= 15 is 0 Å². The first-order chi connectivity index (χ1) is 3.68. The standard InChI is InChI=1S/C3H7NO.C2H6O/c1-3(2)4-5;1-3-2/h5H,1-2H3;1-2H3. The van der Waals surface area contributed by atoms with Gasteiger partial charge in [0.1, 0.15) is 0 Å². The number of hydrogen-bond donors (Lipinski definition) is 1. The summed E-state index contributed by atoms with van der Waals surface area (Å²) < 4.78 is 4.25. The minimum Gasteiger partial charge on any atom is -0.411 e. The molecule has 1 N–H and O–H groups in total. The molecule has 0 aliphatic heterocycles. The van der Waals surface area contributed by atoms with Crippen molar-refractivity contribution in [3.05, 3.63) is 0 Å². The summed E-state index contributed by atoms with van der Waals surface area (Å²) in [7, 11) is 3.25. The van der Waals surface area contributed by atoms with E-state index in [-0.39, 0.29) is 0 Å². The van der Waals surface area contributed by atoms with Gasteiger partial charge in [0.2, 0.25) is 0 Å². The molecule has 0 atom stereocenters. The van der Waals surface area contributed by atoms with Gasteiger partial charge in [0.15, 0.2) is 0 Å². The van der Waals surface area contributed by atoms with Gasteiger partial charge < -0.3 is 9.94 Å². The third kappa shape index (κ3) is 52.1. The molecule has 0 radical (unpaired) electrons. The Morgan fingerprint density at radius 3 is 1.50 bits per heavy atom. The van der Waals surface area contributed by atoms with Crippen LogP contribution < -0.4 is 0 Å². The molecule has 0 heterocycles. The van der Waals surface area contributed by atoms with E-state index in [2.05, 4.69) is 9.89 Å². The predicted molar refractivity (Wildman–Crippen MR) is 33.5 cm³/mol. The van der Waals surface area contributed by atoms with Gasteiger partial charge in [0.05, 0.1) is 5.71 Å². The van der Waals surface area contributed by atoms with Crippen LogP contribution in [-0.2, 0) is 4.74 Å². The second-order valence-corrected chi connectivity index (χ2v) is 1.46. The van der Waals surface area contributed by atoms with Crippen molar-refractivity contribution in [2.24, 2.45) is 5.16 Å². The van der Waals surface area contributed by atoms with Gasteiger partial charge in [-0.25, -0.2) is 0 Å². The topological polar surface area (TPSA) is 41.8 Å². The van der Waals surface area contributed by atoms with E-state index in [9.17, 15) is 0 Å². The lowest BCUT2D eigenvalue weighted by Gasteiger charge is -1.72. The lowest BCUT2D eigenvalue weighted by molar-refractivity contribution is 0.277. The number of nitrogens with zero attached hydrogens (tertiary/aromatic N) is 1. The van der Waals surface area contributed by atoms with Crippen LogP contribution in [0, 0.1) is 0 Å². The Morgan fingerprint density at radius 1 is 1.38 bits per heavy atom. The number of methoxy groups -OCH3 is 1. The molecule has 0 saturated carbocycles. The van der Waals surface area contributed by atoms with Crippen molar-refractivity contribution in [1.82, 2.24) is 0 Å². The average Bonchev–Trinajstić information content (AvgIpc) is 1.69. The normalized spacial score (nSPS) is 6.50. The quantitative estimate of drug-likeness (QED) is 0.295. The molecule has 0 bridgehead atoms. The highest BCUT2D eigenvalue weighted by Gasteiger charge is 1.65. The number of ether oxygens (including phenoxy) is 1. The van der Waals surface area contributed by atoms with Crippen molar-refractivity contribution in [3.63, 3.8) is 0 Å². The summed E-state index contributed by atoms with van der Waals surface area (Å²) in [5, 5.41) is 10.5. The summed E-state index contributed by atoms with van der Waals surface area (Å²) in [5.74, 6) is 0. The van der Waals surface area contributed by atoms with Crippen LogP contribution in [0.5, 0.6) is 0 Å². The summed E-state index contributed by atoms with van der Waals surface area (Å²) in [6.07, 6.45) is 0. The highest BCUT2D eigenvalue weighted by Crippen LogP contribution is 1.62. The maximum absolute atomic E-state index is 7.73. The van der Waals surface area contributed by atoms with Crippen LogP contribution in [0.1, 0.15) is 13.8 Å². The smallest absolute Gasteiger partial charge is 0.0509 e. The van der Waals surface area contributed by atoms with E-state index in [1.807, 2.05) is 0 Å². The minimum atomic E-state index is 0.685. The van der Waals surface area contributed by atoms with E-state index in [1.54, 1.807) is 28.1 Å². The van der Waals surface area contributed by atoms with Crippen LogP contribution in [-0.4, -0.2) is 25.1 Å². The highest BCUT2D eigenvalue weighted by molar-refractivity contribution is 5.78. The van der Waals surface area contributed by atoms with Gasteiger partial charge in [-0.15, -0.1) is 0 Å². The van der Waals surface area contributed by atoms with Crippen molar-refractivity contribution in [2.45, 2.75) is 13.8 Å². The zero-order chi connectivity index (χ0) is 6.99. The summed E-state index contributed by atoms with van der Waals surface area (Å²) in [5.41, 5.74) is 0.685. The van der Waals surface area contributed by atoms with Crippen molar-refractivity contribution in [3.8, 4) is 0 Å². The fraction of sp³-hybridized carbons (Fsp3) is 0.800. The molecule has 0 rings (SSSR count). The third-order valence-electron chi connectivity index (χ3n) is 0.200. The molecule has 50 valence electrons. The summed E-state index contributed by atoms with van der Waals surface area (Å²) in [4.78, 5) is 0. The molecule has 0 unspecified atom stereocenters. The summed E-state index contributed by atoms with van der Waals surface area (Å²) >= 11 is 0. The van der Waals surface area contributed by atoms with E-state index in [0.717, 1.165) is 0 Å². The van der Waals surface area contributed by atoms with Gasteiger partial charge in [-0.1, -0.05) is 5.16 Å². The second-order valence-electron chi connectivity index (χ2n) is 1.46. The number of hydrogen-bond acceptors (Lipinski definition) is 3. The molecule has 0 aliphatic rings. The van der Waals surface area contributed by atoms with Gasteiger partial charge in [-0.05, 0) is 13.8 Å². The molecule has 0 aromatic heterocycles.